The first kappa shape index (κ1) is 18.9. The fraction of sp³-hybridized carbons (Fsp3) is 0.294. The number of thioether (sulfide) groups is 1. The van der Waals surface area contributed by atoms with E-state index in [1.807, 2.05) is 0 Å². The fourth-order valence-electron chi connectivity index (χ4n) is 2.57. The van der Waals surface area contributed by atoms with Crippen LogP contribution in [0.15, 0.2) is 39.0 Å². The van der Waals surface area contributed by atoms with Gasteiger partial charge in [-0.2, -0.15) is 0 Å². The predicted octanol–water partition coefficient (Wildman–Crippen LogP) is 1.27. The average Bonchev–Trinajstić information content (AvgIpc) is 2.99. The number of carbonyl (C=O) groups excluding carboxylic acids is 1. The van der Waals surface area contributed by atoms with E-state index in [0.717, 1.165) is 17.3 Å². The van der Waals surface area contributed by atoms with Crippen LogP contribution in [0.3, 0.4) is 0 Å². The Morgan fingerprint density at radius 1 is 1.30 bits per heavy atom. The lowest BCUT2D eigenvalue weighted by Gasteiger charge is -2.08. The van der Waals surface area contributed by atoms with Crippen molar-refractivity contribution >= 4 is 28.9 Å². The molecule has 0 radical (unpaired) electrons. The van der Waals surface area contributed by atoms with Crippen LogP contribution in [0.1, 0.15) is 12.5 Å². The number of benzene rings is 1. The third-order valence-electron chi connectivity index (χ3n) is 3.85. The summed E-state index contributed by atoms with van der Waals surface area (Å²) in [6, 6.07) is 5.83. The number of halogens is 1. The van der Waals surface area contributed by atoms with Crippen LogP contribution in [0.4, 0.5) is 4.39 Å². The molecule has 0 bridgehead atoms. The molecule has 0 amide bonds. The van der Waals surface area contributed by atoms with Gasteiger partial charge in [0, 0.05) is 7.05 Å². The first-order valence-corrected chi connectivity index (χ1v) is 9.11. The topological polar surface area (TPSA) is 99.0 Å². The van der Waals surface area contributed by atoms with Crippen LogP contribution in [-0.2, 0) is 23.1 Å². The Bertz CT molecular complexity index is 1100. The normalized spacial score (nSPS) is 11.1. The highest BCUT2D eigenvalue weighted by molar-refractivity contribution is 7.99. The quantitative estimate of drug-likeness (QED) is 0.501. The Kier molecular flexibility index (Phi) is 5.45. The zero-order valence-corrected chi connectivity index (χ0v) is 15.5. The standard InChI is InChI=1S/C17H17FN4O4S/c1-3-26-12(23)9-27-17-19-14-13(15(24)20-16(25)21(14)2)22(17)8-10-4-6-11(18)7-5-10/h4-7H,3,8-9H2,1-2H3,(H,20,24,25). The highest BCUT2D eigenvalue weighted by atomic mass is 32.2. The number of fused-ring (bicyclic) bond motifs is 1. The number of rotatable bonds is 6. The predicted molar refractivity (Wildman–Crippen MR) is 98.5 cm³/mol. The van der Waals surface area contributed by atoms with Gasteiger partial charge in [-0.05, 0) is 24.6 Å². The monoisotopic (exact) mass is 392 g/mol. The molecule has 8 nitrogen and oxygen atoms in total. The molecule has 1 N–H and O–H groups in total. The molecule has 0 atom stereocenters. The number of aromatic nitrogens is 4. The van der Waals surface area contributed by atoms with Gasteiger partial charge in [0.25, 0.3) is 5.56 Å². The highest BCUT2D eigenvalue weighted by Crippen LogP contribution is 2.23. The first-order chi connectivity index (χ1) is 12.9. The number of nitrogens with zero attached hydrogens (tertiary/aromatic N) is 3. The Hall–Kier alpha value is -2.88. The minimum Gasteiger partial charge on any atom is -0.465 e. The van der Waals surface area contributed by atoms with Crippen molar-refractivity contribution < 1.29 is 13.9 Å². The van der Waals surface area contributed by atoms with E-state index in [9.17, 15) is 18.8 Å². The maximum Gasteiger partial charge on any atom is 0.329 e. The van der Waals surface area contributed by atoms with Crippen LogP contribution in [0.5, 0.6) is 0 Å². The second-order valence-electron chi connectivity index (χ2n) is 5.69. The van der Waals surface area contributed by atoms with Gasteiger partial charge < -0.3 is 9.30 Å². The van der Waals surface area contributed by atoms with Crippen molar-refractivity contribution in [2.45, 2.75) is 18.6 Å². The lowest BCUT2D eigenvalue weighted by molar-refractivity contribution is -0.139. The molecule has 0 spiro atoms. The van der Waals surface area contributed by atoms with E-state index in [2.05, 4.69) is 9.97 Å². The SMILES string of the molecule is CCOC(=O)CSc1nc2c(c(=O)[nH]c(=O)n2C)n1Cc1ccc(F)cc1. The number of carbonyl (C=O) groups is 1. The molecule has 27 heavy (non-hydrogen) atoms. The van der Waals surface area contributed by atoms with Gasteiger partial charge in [-0.15, -0.1) is 0 Å². The van der Waals surface area contributed by atoms with Crippen molar-refractivity contribution in [2.24, 2.45) is 7.05 Å². The average molecular weight is 392 g/mol. The summed E-state index contributed by atoms with van der Waals surface area (Å²) in [5, 5.41) is 0.383. The van der Waals surface area contributed by atoms with Gasteiger partial charge in [0.15, 0.2) is 16.3 Å². The molecule has 3 rings (SSSR count). The molecule has 0 unspecified atom stereocenters. The van der Waals surface area contributed by atoms with Crippen molar-refractivity contribution in [3.05, 3.63) is 56.5 Å². The zero-order valence-electron chi connectivity index (χ0n) is 14.7. The highest BCUT2D eigenvalue weighted by Gasteiger charge is 2.19. The molecule has 0 aliphatic heterocycles. The van der Waals surface area contributed by atoms with Crippen molar-refractivity contribution in [2.75, 3.05) is 12.4 Å². The van der Waals surface area contributed by atoms with E-state index in [0.29, 0.717) is 5.16 Å². The van der Waals surface area contributed by atoms with Gasteiger partial charge in [0.05, 0.1) is 18.9 Å². The van der Waals surface area contributed by atoms with Gasteiger partial charge in [-0.1, -0.05) is 23.9 Å². The smallest absolute Gasteiger partial charge is 0.329 e. The molecule has 0 saturated heterocycles. The maximum atomic E-state index is 13.2. The minimum atomic E-state index is -0.583. The summed E-state index contributed by atoms with van der Waals surface area (Å²) in [4.78, 5) is 42.5. The van der Waals surface area contributed by atoms with Gasteiger partial charge >= 0.3 is 11.7 Å². The number of H-pyrrole nitrogens is 1. The van der Waals surface area contributed by atoms with Crippen molar-refractivity contribution in [1.29, 1.82) is 0 Å². The van der Waals surface area contributed by atoms with Crippen molar-refractivity contribution in [1.82, 2.24) is 19.1 Å². The van der Waals surface area contributed by atoms with E-state index in [1.54, 1.807) is 23.6 Å². The summed E-state index contributed by atoms with van der Waals surface area (Å²) in [5.41, 5.74) is -0.0153. The number of esters is 1. The molecule has 2 aromatic heterocycles. The van der Waals surface area contributed by atoms with Crippen LogP contribution in [-0.4, -0.2) is 37.4 Å². The summed E-state index contributed by atoms with van der Waals surface area (Å²) in [7, 11) is 1.50. The summed E-state index contributed by atoms with van der Waals surface area (Å²) in [5.74, 6) is -0.774. The molecule has 0 aliphatic carbocycles. The molecule has 0 saturated carbocycles. The van der Waals surface area contributed by atoms with E-state index >= 15 is 0 Å². The number of hydrogen-bond donors (Lipinski definition) is 1. The Labute approximate surface area is 157 Å². The number of imidazole rings is 1. The summed E-state index contributed by atoms with van der Waals surface area (Å²) in [6.45, 7) is 2.20. The van der Waals surface area contributed by atoms with Crippen LogP contribution < -0.4 is 11.2 Å². The minimum absolute atomic E-state index is 0.00638. The first-order valence-electron chi connectivity index (χ1n) is 8.13. The second-order valence-corrected chi connectivity index (χ2v) is 6.63. The van der Waals surface area contributed by atoms with Crippen molar-refractivity contribution in [3.8, 4) is 0 Å². The molecular formula is C17H17FN4O4S. The van der Waals surface area contributed by atoms with Gasteiger partial charge in [-0.3, -0.25) is 19.1 Å². The van der Waals surface area contributed by atoms with Gasteiger partial charge in [0.2, 0.25) is 0 Å². The summed E-state index contributed by atoms with van der Waals surface area (Å²) in [6.07, 6.45) is 0. The van der Waals surface area contributed by atoms with Gasteiger partial charge in [-0.25, -0.2) is 14.2 Å². The summed E-state index contributed by atoms with van der Waals surface area (Å²) >= 11 is 1.10. The lowest BCUT2D eigenvalue weighted by atomic mass is 10.2. The van der Waals surface area contributed by atoms with Gasteiger partial charge in [0.1, 0.15) is 5.82 Å². The van der Waals surface area contributed by atoms with Crippen LogP contribution in [0, 0.1) is 5.82 Å². The second kappa shape index (κ2) is 7.78. The number of aryl methyl sites for hydroxylation is 1. The van der Waals surface area contributed by atoms with Crippen LogP contribution >= 0.6 is 11.8 Å². The Balaban J connectivity index is 2.09. The van der Waals surface area contributed by atoms with E-state index in [-0.39, 0.29) is 35.9 Å². The molecule has 2 heterocycles. The lowest BCUT2D eigenvalue weighted by Crippen LogP contribution is -2.29. The number of aromatic amines is 1. The Morgan fingerprint density at radius 2 is 2.00 bits per heavy atom. The summed E-state index contributed by atoms with van der Waals surface area (Å²) < 4.78 is 20.9. The van der Waals surface area contributed by atoms with Crippen LogP contribution in [0.2, 0.25) is 0 Å². The largest absolute Gasteiger partial charge is 0.465 e. The van der Waals surface area contributed by atoms with E-state index in [1.165, 1.54) is 23.7 Å². The molecule has 0 fully saturated rings. The molecule has 3 aromatic rings. The third kappa shape index (κ3) is 3.95. The number of nitrogens with one attached hydrogen (secondary N) is 1. The molecule has 142 valence electrons. The zero-order chi connectivity index (χ0) is 19.6. The molecule has 10 heteroatoms. The molecule has 1 aromatic carbocycles. The maximum absolute atomic E-state index is 13.2. The Morgan fingerprint density at radius 3 is 2.67 bits per heavy atom. The van der Waals surface area contributed by atoms with Crippen LogP contribution in [0.25, 0.3) is 11.2 Å². The van der Waals surface area contributed by atoms with E-state index < -0.39 is 17.2 Å². The van der Waals surface area contributed by atoms with Crippen molar-refractivity contribution in [3.63, 3.8) is 0 Å². The van der Waals surface area contributed by atoms with E-state index in [4.69, 9.17) is 4.74 Å². The fourth-order valence-corrected chi connectivity index (χ4v) is 3.36. The molecule has 0 aliphatic rings. The molecular weight excluding hydrogens is 375 g/mol. The number of hydrogen-bond acceptors (Lipinski definition) is 6. The number of ether oxygens (including phenoxy) is 1. The third-order valence-corrected chi connectivity index (χ3v) is 4.80.